The lowest BCUT2D eigenvalue weighted by atomic mass is 9.93. The van der Waals surface area contributed by atoms with Crippen LogP contribution in [0, 0.1) is 5.92 Å². The van der Waals surface area contributed by atoms with E-state index in [4.69, 9.17) is 9.84 Å². The van der Waals surface area contributed by atoms with Gasteiger partial charge >= 0.3 is 5.97 Å². The van der Waals surface area contributed by atoms with Crippen LogP contribution in [0.15, 0.2) is 24.3 Å². The molecule has 24 heavy (non-hydrogen) atoms. The number of rotatable bonds is 5. The molecular formula is C16H18N2O6. The molecule has 8 heteroatoms. The van der Waals surface area contributed by atoms with Crippen LogP contribution >= 0.6 is 0 Å². The Balaban J connectivity index is 1.97. The van der Waals surface area contributed by atoms with Crippen molar-refractivity contribution in [2.75, 3.05) is 19.8 Å². The molecule has 0 unspecified atom stereocenters. The number of hydrogen-bond donors (Lipinski definition) is 3. The second-order valence-electron chi connectivity index (χ2n) is 5.80. The van der Waals surface area contributed by atoms with Gasteiger partial charge in [0.05, 0.1) is 25.1 Å². The van der Waals surface area contributed by atoms with E-state index >= 15 is 0 Å². The van der Waals surface area contributed by atoms with Crippen LogP contribution in [0.25, 0.3) is 0 Å². The standard InChI is InChI=1S/C16H18N2O6/c19-4-5-24-10-3-1-2-9(6-10)14-11(16(22)23)7-12-15(21)17-8-13(20)18(12)14/h1-3,6,11-12,14,19H,4-5,7-8H2,(H,17,21)(H,22,23)/t11-,12-,14-/m1/s1. The fraction of sp³-hybridized carbons (Fsp3) is 0.438. The summed E-state index contributed by atoms with van der Waals surface area (Å²) >= 11 is 0. The molecule has 8 nitrogen and oxygen atoms in total. The number of aliphatic carboxylic acids is 1. The van der Waals surface area contributed by atoms with Crippen molar-refractivity contribution < 1.29 is 29.3 Å². The zero-order valence-corrected chi connectivity index (χ0v) is 12.8. The van der Waals surface area contributed by atoms with E-state index in [9.17, 15) is 19.5 Å². The predicted molar refractivity (Wildman–Crippen MR) is 81.2 cm³/mol. The lowest BCUT2D eigenvalue weighted by molar-refractivity contribution is -0.147. The molecule has 0 radical (unpaired) electrons. The highest BCUT2D eigenvalue weighted by Gasteiger charge is 2.52. The van der Waals surface area contributed by atoms with E-state index in [0.29, 0.717) is 11.3 Å². The van der Waals surface area contributed by atoms with Crippen LogP contribution in [-0.2, 0) is 14.4 Å². The first-order valence-corrected chi connectivity index (χ1v) is 7.68. The molecule has 0 bridgehead atoms. The summed E-state index contributed by atoms with van der Waals surface area (Å²) in [5, 5.41) is 20.9. The van der Waals surface area contributed by atoms with Crippen molar-refractivity contribution >= 4 is 17.8 Å². The summed E-state index contributed by atoms with van der Waals surface area (Å²) < 4.78 is 5.35. The topological polar surface area (TPSA) is 116 Å². The SMILES string of the molecule is O=C1NCC(=O)N2[C@@H]1C[C@@H](C(=O)O)[C@H]2c1cccc(OCCO)c1. The molecule has 0 aromatic heterocycles. The van der Waals surface area contributed by atoms with Crippen LogP contribution in [0.2, 0.25) is 0 Å². The molecule has 2 fully saturated rings. The summed E-state index contributed by atoms with van der Waals surface area (Å²) in [6.07, 6.45) is 0.0826. The lowest BCUT2D eigenvalue weighted by Crippen LogP contribution is -2.56. The van der Waals surface area contributed by atoms with Crippen LogP contribution < -0.4 is 10.1 Å². The molecule has 2 heterocycles. The second kappa shape index (κ2) is 6.48. The Bertz CT molecular complexity index is 676. The molecular weight excluding hydrogens is 316 g/mol. The maximum absolute atomic E-state index is 12.3. The van der Waals surface area contributed by atoms with Gasteiger partial charge in [-0.3, -0.25) is 14.4 Å². The van der Waals surface area contributed by atoms with E-state index in [1.54, 1.807) is 24.3 Å². The number of aliphatic hydroxyl groups is 1. The van der Waals surface area contributed by atoms with E-state index < -0.39 is 24.0 Å². The van der Waals surface area contributed by atoms with Gasteiger partial charge in [-0.2, -0.15) is 0 Å². The number of amides is 2. The molecule has 0 saturated carbocycles. The number of ether oxygens (including phenoxy) is 1. The van der Waals surface area contributed by atoms with Gasteiger partial charge in [-0.15, -0.1) is 0 Å². The number of carbonyl (C=O) groups excluding carboxylic acids is 2. The van der Waals surface area contributed by atoms with Crippen LogP contribution in [-0.4, -0.2) is 58.7 Å². The van der Waals surface area contributed by atoms with Gasteiger partial charge in [0.15, 0.2) is 0 Å². The smallest absolute Gasteiger partial charge is 0.309 e. The van der Waals surface area contributed by atoms with Crippen LogP contribution in [0.3, 0.4) is 0 Å². The number of fused-ring (bicyclic) bond motifs is 1. The number of aliphatic hydroxyl groups excluding tert-OH is 1. The first-order chi connectivity index (χ1) is 11.5. The monoisotopic (exact) mass is 334 g/mol. The fourth-order valence-corrected chi connectivity index (χ4v) is 3.39. The van der Waals surface area contributed by atoms with Crippen molar-refractivity contribution in [3.05, 3.63) is 29.8 Å². The molecule has 1 aromatic rings. The Hall–Kier alpha value is -2.61. The molecule has 1 aromatic carbocycles. The Kier molecular flexibility index (Phi) is 4.39. The van der Waals surface area contributed by atoms with Gasteiger partial charge in [-0.1, -0.05) is 12.1 Å². The highest BCUT2D eigenvalue weighted by atomic mass is 16.5. The first kappa shape index (κ1) is 16.3. The number of carboxylic acid groups (broad SMARTS) is 1. The van der Waals surface area contributed by atoms with E-state index in [1.807, 2.05) is 0 Å². The first-order valence-electron chi connectivity index (χ1n) is 7.68. The minimum Gasteiger partial charge on any atom is -0.491 e. The van der Waals surface area contributed by atoms with Crippen molar-refractivity contribution in [2.45, 2.75) is 18.5 Å². The van der Waals surface area contributed by atoms with Gasteiger partial charge in [-0.25, -0.2) is 0 Å². The average Bonchev–Trinajstić information content (AvgIpc) is 2.99. The van der Waals surface area contributed by atoms with Crippen LogP contribution in [0.5, 0.6) is 5.75 Å². The molecule has 3 atom stereocenters. The van der Waals surface area contributed by atoms with Gasteiger partial charge in [-0.05, 0) is 24.1 Å². The van der Waals surface area contributed by atoms with Gasteiger partial charge in [0.25, 0.3) is 0 Å². The zero-order chi connectivity index (χ0) is 17.3. The highest BCUT2D eigenvalue weighted by molar-refractivity contribution is 5.96. The molecule has 3 rings (SSSR count). The van der Waals surface area contributed by atoms with E-state index in [2.05, 4.69) is 5.32 Å². The third-order valence-electron chi connectivity index (χ3n) is 4.38. The molecule has 0 spiro atoms. The summed E-state index contributed by atoms with van der Waals surface area (Å²) in [4.78, 5) is 37.4. The van der Waals surface area contributed by atoms with E-state index in [0.717, 1.165) is 0 Å². The van der Waals surface area contributed by atoms with Gasteiger partial charge < -0.3 is 25.2 Å². The van der Waals surface area contributed by atoms with Crippen molar-refractivity contribution in [2.24, 2.45) is 5.92 Å². The molecule has 2 saturated heterocycles. The Morgan fingerprint density at radius 3 is 2.88 bits per heavy atom. The van der Waals surface area contributed by atoms with Gasteiger partial charge in [0.2, 0.25) is 11.8 Å². The number of carbonyl (C=O) groups is 3. The lowest BCUT2D eigenvalue weighted by Gasteiger charge is -2.34. The summed E-state index contributed by atoms with van der Waals surface area (Å²) in [6, 6.07) is 5.27. The van der Waals surface area contributed by atoms with E-state index in [1.165, 1.54) is 4.90 Å². The molecule has 3 N–H and O–H groups in total. The van der Waals surface area contributed by atoms with Crippen molar-refractivity contribution in [1.29, 1.82) is 0 Å². The number of nitrogens with one attached hydrogen (secondary N) is 1. The largest absolute Gasteiger partial charge is 0.491 e. The zero-order valence-electron chi connectivity index (χ0n) is 12.8. The number of carboxylic acids is 1. The maximum atomic E-state index is 12.3. The molecule has 2 aliphatic heterocycles. The Labute approximate surface area is 138 Å². The minimum atomic E-state index is -1.04. The predicted octanol–water partition coefficient (Wildman–Crippen LogP) is -0.470. The highest BCUT2D eigenvalue weighted by Crippen LogP contribution is 2.43. The van der Waals surface area contributed by atoms with Crippen LogP contribution in [0.4, 0.5) is 0 Å². The third-order valence-corrected chi connectivity index (χ3v) is 4.38. The normalized spacial score (nSPS) is 26.0. The summed E-state index contributed by atoms with van der Waals surface area (Å²) in [5.74, 6) is -2.05. The quantitative estimate of drug-likeness (QED) is 0.670. The second-order valence-corrected chi connectivity index (χ2v) is 5.80. The van der Waals surface area contributed by atoms with Crippen molar-refractivity contribution in [3.63, 3.8) is 0 Å². The molecule has 2 aliphatic rings. The fourth-order valence-electron chi connectivity index (χ4n) is 3.39. The average molecular weight is 334 g/mol. The van der Waals surface area contributed by atoms with E-state index in [-0.39, 0.29) is 38.0 Å². The van der Waals surface area contributed by atoms with Gasteiger partial charge in [0, 0.05) is 0 Å². The molecule has 0 aliphatic carbocycles. The number of benzene rings is 1. The minimum absolute atomic E-state index is 0.0826. The van der Waals surface area contributed by atoms with Crippen molar-refractivity contribution in [3.8, 4) is 5.75 Å². The third kappa shape index (κ3) is 2.80. The number of nitrogens with zero attached hydrogens (tertiary/aromatic N) is 1. The van der Waals surface area contributed by atoms with Gasteiger partial charge in [0.1, 0.15) is 18.4 Å². The summed E-state index contributed by atoms with van der Waals surface area (Å²) in [7, 11) is 0. The maximum Gasteiger partial charge on any atom is 0.309 e. The Morgan fingerprint density at radius 2 is 2.17 bits per heavy atom. The number of piperazine rings is 1. The van der Waals surface area contributed by atoms with Crippen LogP contribution in [0.1, 0.15) is 18.0 Å². The van der Waals surface area contributed by atoms with Crippen molar-refractivity contribution in [1.82, 2.24) is 10.2 Å². The summed E-state index contributed by atoms with van der Waals surface area (Å²) in [6.45, 7) is -0.151. The summed E-state index contributed by atoms with van der Waals surface area (Å²) in [5.41, 5.74) is 0.600. The Morgan fingerprint density at radius 1 is 1.38 bits per heavy atom. The molecule has 128 valence electrons. The number of hydrogen-bond acceptors (Lipinski definition) is 5. The molecule has 2 amide bonds.